The van der Waals surface area contributed by atoms with Gasteiger partial charge in [0.25, 0.3) is 5.91 Å². The molecule has 2 aromatic rings. The van der Waals surface area contributed by atoms with Crippen LogP contribution in [0.1, 0.15) is 13.8 Å². The third kappa shape index (κ3) is 4.63. The van der Waals surface area contributed by atoms with E-state index in [4.69, 9.17) is 4.74 Å². The van der Waals surface area contributed by atoms with E-state index in [-0.39, 0.29) is 12.5 Å². The summed E-state index contributed by atoms with van der Waals surface area (Å²) in [6, 6.07) is 7.63. The molecule has 0 spiro atoms. The van der Waals surface area contributed by atoms with Crippen molar-refractivity contribution in [1.82, 2.24) is 15.1 Å². The van der Waals surface area contributed by atoms with E-state index in [2.05, 4.69) is 24.3 Å². The van der Waals surface area contributed by atoms with Crippen molar-refractivity contribution >= 4 is 5.91 Å². The van der Waals surface area contributed by atoms with E-state index in [0.717, 1.165) is 11.1 Å². The molecular formula is C16H21N3O2. The molecule has 21 heavy (non-hydrogen) atoms. The molecule has 0 unspecified atom stereocenters. The number of ether oxygens (including phenoxy) is 1. The third-order valence-corrected chi connectivity index (χ3v) is 2.97. The summed E-state index contributed by atoms with van der Waals surface area (Å²) < 4.78 is 7.23. The molecule has 5 heteroatoms. The number of hydrogen-bond acceptors (Lipinski definition) is 3. The molecule has 1 aromatic heterocycles. The topological polar surface area (TPSA) is 56.1 Å². The van der Waals surface area contributed by atoms with Crippen molar-refractivity contribution < 1.29 is 9.53 Å². The molecule has 0 saturated carbocycles. The first-order valence-electron chi connectivity index (χ1n) is 7.03. The number of carbonyl (C=O) groups excluding carboxylic acids is 1. The number of rotatable bonds is 6. The molecular weight excluding hydrogens is 266 g/mol. The maximum absolute atomic E-state index is 11.6. The lowest BCUT2D eigenvalue weighted by Crippen LogP contribution is -2.31. The zero-order valence-electron chi connectivity index (χ0n) is 12.7. The lowest BCUT2D eigenvalue weighted by Gasteiger charge is -2.09. The van der Waals surface area contributed by atoms with E-state index in [9.17, 15) is 4.79 Å². The average molecular weight is 287 g/mol. The fraction of sp³-hybridized carbons (Fsp3) is 0.375. The van der Waals surface area contributed by atoms with Crippen molar-refractivity contribution in [2.24, 2.45) is 13.0 Å². The molecule has 2 rings (SSSR count). The maximum Gasteiger partial charge on any atom is 0.257 e. The van der Waals surface area contributed by atoms with Crippen LogP contribution in [0.25, 0.3) is 11.1 Å². The van der Waals surface area contributed by atoms with Crippen molar-refractivity contribution in [2.45, 2.75) is 13.8 Å². The molecule has 1 heterocycles. The number of aromatic nitrogens is 2. The predicted molar refractivity (Wildman–Crippen MR) is 82.0 cm³/mol. The van der Waals surface area contributed by atoms with E-state index in [1.807, 2.05) is 43.7 Å². The highest BCUT2D eigenvalue weighted by atomic mass is 16.5. The number of carbonyl (C=O) groups is 1. The Morgan fingerprint density at radius 1 is 1.29 bits per heavy atom. The third-order valence-electron chi connectivity index (χ3n) is 2.97. The van der Waals surface area contributed by atoms with Crippen LogP contribution in [0.2, 0.25) is 0 Å². The second-order valence-electron chi connectivity index (χ2n) is 5.41. The highest BCUT2D eigenvalue weighted by molar-refractivity contribution is 5.77. The Bertz CT molecular complexity index is 588. The normalized spacial score (nSPS) is 10.7. The summed E-state index contributed by atoms with van der Waals surface area (Å²) in [6.07, 6.45) is 3.77. The fourth-order valence-corrected chi connectivity index (χ4v) is 1.83. The van der Waals surface area contributed by atoms with Gasteiger partial charge in [0, 0.05) is 25.4 Å². The molecule has 1 N–H and O–H groups in total. The van der Waals surface area contributed by atoms with Crippen molar-refractivity contribution in [3.63, 3.8) is 0 Å². The first-order chi connectivity index (χ1) is 10.0. The minimum Gasteiger partial charge on any atom is -0.484 e. The highest BCUT2D eigenvalue weighted by Gasteiger charge is 2.04. The number of aryl methyl sites for hydroxylation is 1. The Morgan fingerprint density at radius 3 is 2.57 bits per heavy atom. The van der Waals surface area contributed by atoms with Crippen LogP contribution < -0.4 is 10.1 Å². The fourth-order valence-electron chi connectivity index (χ4n) is 1.83. The van der Waals surface area contributed by atoms with Crippen LogP contribution in [0, 0.1) is 5.92 Å². The quantitative estimate of drug-likeness (QED) is 0.886. The van der Waals surface area contributed by atoms with Gasteiger partial charge in [-0.2, -0.15) is 5.10 Å². The summed E-state index contributed by atoms with van der Waals surface area (Å²) in [7, 11) is 1.89. The van der Waals surface area contributed by atoms with Crippen molar-refractivity contribution in [2.75, 3.05) is 13.2 Å². The average Bonchev–Trinajstić information content (AvgIpc) is 2.90. The zero-order chi connectivity index (χ0) is 15.2. The van der Waals surface area contributed by atoms with Crippen molar-refractivity contribution in [1.29, 1.82) is 0 Å². The van der Waals surface area contributed by atoms with Crippen LogP contribution in [0.5, 0.6) is 5.75 Å². The lowest BCUT2D eigenvalue weighted by atomic mass is 10.1. The number of benzene rings is 1. The molecule has 0 bridgehead atoms. The van der Waals surface area contributed by atoms with Gasteiger partial charge in [-0.05, 0) is 23.6 Å². The van der Waals surface area contributed by atoms with Gasteiger partial charge in [0.1, 0.15) is 5.75 Å². The predicted octanol–water partition coefficient (Wildman–Crippen LogP) is 2.24. The maximum atomic E-state index is 11.6. The summed E-state index contributed by atoms with van der Waals surface area (Å²) >= 11 is 0. The lowest BCUT2D eigenvalue weighted by molar-refractivity contribution is -0.123. The SMILES string of the molecule is CC(C)CNC(=O)COc1ccc(-c2cnn(C)c2)cc1. The highest BCUT2D eigenvalue weighted by Crippen LogP contribution is 2.21. The van der Waals surface area contributed by atoms with Gasteiger partial charge in [0.2, 0.25) is 0 Å². The Balaban J connectivity index is 1.86. The van der Waals surface area contributed by atoms with Crippen molar-refractivity contribution in [3.05, 3.63) is 36.7 Å². The molecule has 1 aromatic carbocycles. The Labute approximate surface area is 124 Å². The van der Waals surface area contributed by atoms with Crippen LogP contribution in [0.15, 0.2) is 36.7 Å². The molecule has 0 aliphatic heterocycles. The molecule has 0 aliphatic carbocycles. The van der Waals surface area contributed by atoms with E-state index in [0.29, 0.717) is 18.2 Å². The zero-order valence-corrected chi connectivity index (χ0v) is 12.7. The Hall–Kier alpha value is -2.30. The Morgan fingerprint density at radius 2 is 2.00 bits per heavy atom. The van der Waals surface area contributed by atoms with Gasteiger partial charge in [-0.1, -0.05) is 26.0 Å². The van der Waals surface area contributed by atoms with Crippen LogP contribution in [0.3, 0.4) is 0 Å². The van der Waals surface area contributed by atoms with Crippen LogP contribution >= 0.6 is 0 Å². The van der Waals surface area contributed by atoms with Crippen molar-refractivity contribution in [3.8, 4) is 16.9 Å². The van der Waals surface area contributed by atoms with Gasteiger partial charge in [0.15, 0.2) is 6.61 Å². The van der Waals surface area contributed by atoms with E-state index in [1.165, 1.54) is 0 Å². The standard InChI is InChI=1S/C16H21N3O2/c1-12(2)8-17-16(20)11-21-15-6-4-13(5-7-15)14-9-18-19(3)10-14/h4-7,9-10,12H,8,11H2,1-3H3,(H,17,20). The monoisotopic (exact) mass is 287 g/mol. The molecule has 0 radical (unpaired) electrons. The van der Waals surface area contributed by atoms with Crippen LogP contribution in [-0.4, -0.2) is 28.8 Å². The second-order valence-corrected chi connectivity index (χ2v) is 5.41. The molecule has 5 nitrogen and oxygen atoms in total. The minimum absolute atomic E-state index is 0.0406. The van der Waals surface area contributed by atoms with E-state index >= 15 is 0 Å². The minimum atomic E-state index is -0.0972. The van der Waals surface area contributed by atoms with Gasteiger partial charge in [-0.3, -0.25) is 9.48 Å². The molecule has 1 amide bonds. The summed E-state index contributed by atoms with van der Waals surface area (Å²) in [6.45, 7) is 4.82. The summed E-state index contributed by atoms with van der Waals surface area (Å²) in [5.74, 6) is 1.02. The smallest absolute Gasteiger partial charge is 0.257 e. The van der Waals surface area contributed by atoms with E-state index in [1.54, 1.807) is 4.68 Å². The molecule has 0 fully saturated rings. The van der Waals surface area contributed by atoms with Gasteiger partial charge >= 0.3 is 0 Å². The van der Waals surface area contributed by atoms with Crippen LogP contribution in [-0.2, 0) is 11.8 Å². The summed E-state index contributed by atoms with van der Waals surface area (Å²) in [4.78, 5) is 11.6. The van der Waals surface area contributed by atoms with Crippen LogP contribution in [0.4, 0.5) is 0 Å². The number of hydrogen-bond donors (Lipinski definition) is 1. The number of nitrogens with one attached hydrogen (secondary N) is 1. The molecule has 0 saturated heterocycles. The largest absolute Gasteiger partial charge is 0.484 e. The first-order valence-corrected chi connectivity index (χ1v) is 7.03. The van der Waals surface area contributed by atoms with Gasteiger partial charge < -0.3 is 10.1 Å². The molecule has 0 aliphatic rings. The van der Waals surface area contributed by atoms with E-state index < -0.39 is 0 Å². The summed E-state index contributed by atoms with van der Waals surface area (Å²) in [5, 5.41) is 6.96. The Kier molecular flexibility index (Phi) is 4.98. The molecule has 0 atom stereocenters. The van der Waals surface area contributed by atoms with Gasteiger partial charge in [-0.15, -0.1) is 0 Å². The summed E-state index contributed by atoms with van der Waals surface area (Å²) in [5.41, 5.74) is 2.12. The number of nitrogens with zero attached hydrogens (tertiary/aromatic N) is 2. The van der Waals surface area contributed by atoms with Gasteiger partial charge in [0.05, 0.1) is 6.20 Å². The first kappa shape index (κ1) is 15.1. The second kappa shape index (κ2) is 6.92. The molecule has 112 valence electrons. The van der Waals surface area contributed by atoms with Gasteiger partial charge in [-0.25, -0.2) is 0 Å². The number of amides is 1.